The van der Waals surface area contributed by atoms with Gasteiger partial charge in [-0.3, -0.25) is 8.32 Å². The summed E-state index contributed by atoms with van der Waals surface area (Å²) in [5.74, 6) is -0.587. The summed E-state index contributed by atoms with van der Waals surface area (Å²) in [5.41, 5.74) is 0. The lowest BCUT2D eigenvalue weighted by atomic mass is 10.7. The highest BCUT2D eigenvalue weighted by Gasteiger charge is 1.90. The second-order valence-corrected chi connectivity index (χ2v) is 1.19. The van der Waals surface area contributed by atoms with Crippen molar-refractivity contribution in [1.29, 1.82) is 0 Å². The van der Waals surface area contributed by atoms with Gasteiger partial charge < -0.3 is 0 Å². The second kappa shape index (κ2) is 3.32. The molecule has 0 aromatic heterocycles. The van der Waals surface area contributed by atoms with E-state index in [4.69, 9.17) is 0 Å². The van der Waals surface area contributed by atoms with Gasteiger partial charge in [-0.25, -0.2) is 4.39 Å². The van der Waals surface area contributed by atoms with Crippen LogP contribution in [0.2, 0.25) is 0 Å². The van der Waals surface area contributed by atoms with Crippen LogP contribution in [0.3, 0.4) is 0 Å². The predicted molar refractivity (Wildman–Crippen MR) is 28.1 cm³/mol. The molecule has 1 N–H and O–H groups in total. The van der Waals surface area contributed by atoms with Crippen molar-refractivity contribution in [3.8, 4) is 0 Å². The van der Waals surface area contributed by atoms with Crippen molar-refractivity contribution in [2.24, 2.45) is 0 Å². The average Bonchev–Trinajstić information content (AvgIpc) is 1.65. The zero-order chi connectivity index (χ0) is 4.99. The van der Waals surface area contributed by atoms with Crippen LogP contribution in [0.5, 0.6) is 0 Å². The standard InChI is InChI=1S/C2H3FINO/c3-1-2(6)5-4/h1H2,(H,5,6). The van der Waals surface area contributed by atoms with Crippen molar-refractivity contribution < 1.29 is 9.18 Å². The van der Waals surface area contributed by atoms with Gasteiger partial charge in [-0.05, 0) is 0 Å². The Bertz CT molecular complexity index is 51.5. The Balaban J connectivity index is 2.99. The van der Waals surface area contributed by atoms with Gasteiger partial charge >= 0.3 is 0 Å². The third kappa shape index (κ3) is 2.37. The minimum absolute atomic E-state index is 0.587. The third-order valence-corrected chi connectivity index (χ3v) is 0.828. The summed E-state index contributed by atoms with van der Waals surface area (Å²) < 4.78 is 13.0. The van der Waals surface area contributed by atoms with E-state index in [1.165, 1.54) is 0 Å². The van der Waals surface area contributed by atoms with Gasteiger partial charge in [0.05, 0.1) is 22.9 Å². The first kappa shape index (κ1) is 6.13. The molecule has 0 heterocycles. The van der Waals surface area contributed by atoms with Crippen molar-refractivity contribution >= 4 is 28.8 Å². The molecule has 0 aliphatic carbocycles. The van der Waals surface area contributed by atoms with Crippen LogP contribution in [0.4, 0.5) is 4.39 Å². The Labute approximate surface area is 48.6 Å². The lowest BCUT2D eigenvalue weighted by Crippen LogP contribution is -2.12. The Morgan fingerprint density at radius 3 is 2.50 bits per heavy atom. The number of nitrogens with one attached hydrogen (secondary N) is 1. The number of hydrogen-bond acceptors (Lipinski definition) is 1. The molecule has 0 aromatic rings. The highest BCUT2D eigenvalue weighted by Crippen LogP contribution is 1.71. The molecule has 0 aliphatic heterocycles. The topological polar surface area (TPSA) is 29.1 Å². The zero-order valence-corrected chi connectivity index (χ0v) is 5.03. The smallest absolute Gasteiger partial charge is 0.259 e. The minimum atomic E-state index is -0.928. The zero-order valence-electron chi connectivity index (χ0n) is 2.87. The van der Waals surface area contributed by atoms with Gasteiger partial charge in [-0.1, -0.05) is 0 Å². The van der Waals surface area contributed by atoms with Gasteiger partial charge in [-0.15, -0.1) is 0 Å². The van der Waals surface area contributed by atoms with E-state index in [2.05, 4.69) is 3.53 Å². The molecule has 1 amide bonds. The molecule has 2 nitrogen and oxygen atoms in total. The van der Waals surface area contributed by atoms with Gasteiger partial charge in [0.25, 0.3) is 5.91 Å². The summed E-state index contributed by atoms with van der Waals surface area (Å²) in [6, 6.07) is 0. The van der Waals surface area contributed by atoms with Crippen LogP contribution in [0.1, 0.15) is 0 Å². The van der Waals surface area contributed by atoms with Crippen LogP contribution in [-0.4, -0.2) is 12.6 Å². The first-order valence-electron chi connectivity index (χ1n) is 1.26. The lowest BCUT2D eigenvalue weighted by molar-refractivity contribution is -0.119. The molecule has 0 bridgehead atoms. The average molecular weight is 203 g/mol. The molecule has 0 radical (unpaired) electrons. The fourth-order valence-electron chi connectivity index (χ4n) is 0.0253. The first-order chi connectivity index (χ1) is 2.81. The summed E-state index contributed by atoms with van der Waals surface area (Å²) in [6.07, 6.45) is 0. The van der Waals surface area contributed by atoms with E-state index in [-0.39, 0.29) is 0 Å². The number of carbonyl (C=O) groups excluding carboxylic acids is 1. The summed E-state index contributed by atoms with van der Waals surface area (Å²) in [6.45, 7) is -0.928. The van der Waals surface area contributed by atoms with Crippen LogP contribution in [-0.2, 0) is 4.79 Å². The van der Waals surface area contributed by atoms with Crippen molar-refractivity contribution in [3.05, 3.63) is 0 Å². The normalized spacial score (nSPS) is 7.67. The second-order valence-electron chi connectivity index (χ2n) is 0.651. The van der Waals surface area contributed by atoms with Crippen LogP contribution in [0.25, 0.3) is 0 Å². The van der Waals surface area contributed by atoms with Gasteiger partial charge in [0.2, 0.25) is 0 Å². The van der Waals surface area contributed by atoms with E-state index in [0.29, 0.717) is 0 Å². The highest BCUT2D eigenvalue weighted by atomic mass is 127. The van der Waals surface area contributed by atoms with E-state index in [0.717, 1.165) is 0 Å². The maximum atomic E-state index is 11.0. The molecule has 6 heavy (non-hydrogen) atoms. The molecule has 0 aliphatic rings. The molecule has 0 unspecified atom stereocenters. The Morgan fingerprint density at radius 2 is 2.50 bits per heavy atom. The van der Waals surface area contributed by atoms with E-state index in [1.807, 2.05) is 0 Å². The van der Waals surface area contributed by atoms with Crippen molar-refractivity contribution in [3.63, 3.8) is 0 Å². The fraction of sp³-hybridized carbons (Fsp3) is 0.500. The van der Waals surface area contributed by atoms with E-state index >= 15 is 0 Å². The van der Waals surface area contributed by atoms with Gasteiger partial charge in [0.1, 0.15) is 0 Å². The minimum Gasteiger partial charge on any atom is -0.296 e. The summed E-state index contributed by atoms with van der Waals surface area (Å²) >= 11 is 1.57. The van der Waals surface area contributed by atoms with Crippen LogP contribution >= 0.6 is 22.9 Å². The number of carbonyl (C=O) groups is 1. The number of amides is 1. The third-order valence-electron chi connectivity index (χ3n) is 0.227. The molecule has 36 valence electrons. The lowest BCUT2D eigenvalue weighted by Gasteiger charge is -1.82. The summed E-state index contributed by atoms with van der Waals surface area (Å²) in [5, 5.41) is 0. The molecule has 0 fully saturated rings. The van der Waals surface area contributed by atoms with Gasteiger partial charge in [-0.2, -0.15) is 0 Å². The largest absolute Gasteiger partial charge is 0.296 e. The molecule has 4 heteroatoms. The fourth-order valence-corrected chi connectivity index (χ4v) is 0.169. The molecule has 0 saturated carbocycles. The molecular formula is C2H3FINO. The van der Waals surface area contributed by atoms with Crippen molar-refractivity contribution in [1.82, 2.24) is 3.53 Å². The van der Waals surface area contributed by atoms with Gasteiger partial charge in [0.15, 0.2) is 6.67 Å². The highest BCUT2D eigenvalue weighted by molar-refractivity contribution is 14.1. The first-order valence-corrected chi connectivity index (χ1v) is 2.34. The molecule has 0 rings (SSSR count). The van der Waals surface area contributed by atoms with Crippen molar-refractivity contribution in [2.75, 3.05) is 6.67 Å². The Kier molecular flexibility index (Phi) is 3.40. The molecule has 0 atom stereocenters. The summed E-state index contributed by atoms with van der Waals surface area (Å²) in [4.78, 5) is 9.69. The van der Waals surface area contributed by atoms with E-state index in [1.54, 1.807) is 22.9 Å². The Hall–Kier alpha value is 0.130. The number of alkyl halides is 1. The monoisotopic (exact) mass is 203 g/mol. The van der Waals surface area contributed by atoms with Crippen molar-refractivity contribution in [2.45, 2.75) is 0 Å². The predicted octanol–water partition coefficient (Wildman–Crippen LogP) is 0.422. The quantitative estimate of drug-likeness (QED) is 0.485. The maximum Gasteiger partial charge on any atom is 0.259 e. The van der Waals surface area contributed by atoms with Crippen LogP contribution in [0, 0.1) is 0 Å². The maximum absolute atomic E-state index is 11.0. The molecule has 0 saturated heterocycles. The SMILES string of the molecule is O=C(CF)NI. The van der Waals surface area contributed by atoms with Gasteiger partial charge in [0, 0.05) is 0 Å². The number of hydrogen-bond donors (Lipinski definition) is 1. The molecule has 0 aromatic carbocycles. The number of rotatable bonds is 1. The van der Waals surface area contributed by atoms with Crippen LogP contribution < -0.4 is 3.53 Å². The Morgan fingerprint density at radius 1 is 2.00 bits per heavy atom. The number of halogens is 2. The van der Waals surface area contributed by atoms with E-state index in [9.17, 15) is 9.18 Å². The molecular weight excluding hydrogens is 200 g/mol. The molecule has 0 spiro atoms. The summed E-state index contributed by atoms with van der Waals surface area (Å²) in [7, 11) is 0. The van der Waals surface area contributed by atoms with E-state index < -0.39 is 12.6 Å². The van der Waals surface area contributed by atoms with Crippen LogP contribution in [0.15, 0.2) is 0 Å².